The first-order valence-electron chi connectivity index (χ1n) is 10.8. The number of carbonyl (C=O) groups is 1. The molecule has 0 aliphatic heterocycles. The minimum atomic E-state index is -0.00797. The van der Waals surface area contributed by atoms with E-state index in [1.54, 1.807) is 4.80 Å². The number of tetrazole rings is 1. The van der Waals surface area contributed by atoms with Crippen LogP contribution < -0.4 is 10.6 Å². The zero-order valence-electron chi connectivity index (χ0n) is 17.1. The summed E-state index contributed by atoms with van der Waals surface area (Å²) in [7, 11) is 0. The largest absolute Gasteiger partial charge is 0.382 e. The highest BCUT2D eigenvalue weighted by atomic mass is 16.1. The molecule has 0 spiro atoms. The van der Waals surface area contributed by atoms with Crippen molar-refractivity contribution in [3.05, 3.63) is 54.6 Å². The number of aromatic nitrogens is 4. The molecule has 30 heavy (non-hydrogen) atoms. The van der Waals surface area contributed by atoms with Crippen molar-refractivity contribution < 1.29 is 4.79 Å². The first kappa shape index (κ1) is 20.1. The first-order valence-corrected chi connectivity index (χ1v) is 10.8. The van der Waals surface area contributed by atoms with E-state index in [0.717, 1.165) is 16.9 Å². The van der Waals surface area contributed by atoms with Crippen LogP contribution >= 0.6 is 0 Å². The van der Waals surface area contributed by atoms with Crippen LogP contribution in [-0.4, -0.2) is 32.2 Å². The standard InChI is InChI=1S/C23H28N6O/c30-22(12-7-17-29-27-23(26-28-29)18-8-3-1-4-9-18)25-21-15-13-20(14-16-21)24-19-10-5-2-6-11-19/h1,3-4,8-9,13-16,19,24H,2,5-7,10-12,17H2,(H,25,30). The van der Waals surface area contributed by atoms with Gasteiger partial charge in [0.25, 0.3) is 0 Å². The molecule has 1 aliphatic rings. The molecule has 1 amide bonds. The van der Waals surface area contributed by atoms with Gasteiger partial charge in [-0.05, 0) is 48.7 Å². The highest BCUT2D eigenvalue weighted by Gasteiger charge is 2.13. The van der Waals surface area contributed by atoms with Crippen LogP contribution in [0, 0.1) is 0 Å². The Morgan fingerprint density at radius 3 is 2.47 bits per heavy atom. The fraction of sp³-hybridized carbons (Fsp3) is 0.391. The van der Waals surface area contributed by atoms with Crippen LogP contribution in [0.25, 0.3) is 11.4 Å². The van der Waals surface area contributed by atoms with Crippen LogP contribution in [-0.2, 0) is 11.3 Å². The van der Waals surface area contributed by atoms with Crippen molar-refractivity contribution in [3.8, 4) is 11.4 Å². The molecular formula is C23H28N6O. The summed E-state index contributed by atoms with van der Waals surface area (Å²) in [5, 5.41) is 19.1. The maximum Gasteiger partial charge on any atom is 0.224 e. The molecule has 1 aromatic heterocycles. The molecule has 0 unspecified atom stereocenters. The average Bonchev–Trinajstić information content (AvgIpc) is 3.25. The number of aryl methyl sites for hydroxylation is 1. The Morgan fingerprint density at radius 1 is 0.967 bits per heavy atom. The third-order valence-corrected chi connectivity index (χ3v) is 5.39. The Labute approximate surface area is 176 Å². The van der Waals surface area contributed by atoms with E-state index in [1.807, 2.05) is 54.6 Å². The lowest BCUT2D eigenvalue weighted by Crippen LogP contribution is -2.22. The third-order valence-electron chi connectivity index (χ3n) is 5.39. The van der Waals surface area contributed by atoms with Crippen molar-refractivity contribution in [2.45, 2.75) is 57.5 Å². The maximum absolute atomic E-state index is 12.2. The number of anilines is 2. The van der Waals surface area contributed by atoms with Crippen molar-refractivity contribution in [2.75, 3.05) is 10.6 Å². The number of nitrogens with zero attached hydrogens (tertiary/aromatic N) is 4. The summed E-state index contributed by atoms with van der Waals surface area (Å²) in [5.41, 5.74) is 2.87. The molecule has 7 nitrogen and oxygen atoms in total. The lowest BCUT2D eigenvalue weighted by atomic mass is 9.95. The van der Waals surface area contributed by atoms with Gasteiger partial charge in [-0.2, -0.15) is 4.80 Å². The predicted molar refractivity (Wildman–Crippen MR) is 118 cm³/mol. The Balaban J connectivity index is 1.20. The minimum absolute atomic E-state index is 0.00797. The van der Waals surface area contributed by atoms with Crippen molar-refractivity contribution in [2.24, 2.45) is 0 Å². The third kappa shape index (κ3) is 5.65. The SMILES string of the molecule is O=C(CCCn1nnc(-c2ccccc2)n1)Nc1ccc(NC2CCCCC2)cc1. The summed E-state index contributed by atoms with van der Waals surface area (Å²) < 4.78 is 0. The molecule has 2 aromatic carbocycles. The quantitative estimate of drug-likeness (QED) is 0.577. The van der Waals surface area contributed by atoms with E-state index in [4.69, 9.17) is 0 Å². The second-order valence-corrected chi connectivity index (χ2v) is 7.78. The smallest absolute Gasteiger partial charge is 0.224 e. The number of nitrogens with one attached hydrogen (secondary N) is 2. The zero-order valence-corrected chi connectivity index (χ0v) is 17.1. The highest BCUT2D eigenvalue weighted by molar-refractivity contribution is 5.90. The van der Waals surface area contributed by atoms with E-state index in [9.17, 15) is 4.79 Å². The minimum Gasteiger partial charge on any atom is -0.382 e. The maximum atomic E-state index is 12.2. The van der Waals surface area contributed by atoms with E-state index < -0.39 is 0 Å². The van der Waals surface area contributed by atoms with Gasteiger partial charge in [0.15, 0.2) is 0 Å². The molecule has 4 rings (SSSR count). The second kappa shape index (κ2) is 10.0. The van der Waals surface area contributed by atoms with Gasteiger partial charge in [-0.3, -0.25) is 4.79 Å². The number of amides is 1. The predicted octanol–water partition coefficient (Wildman–Crippen LogP) is 4.50. The van der Waals surface area contributed by atoms with Crippen LogP contribution in [0.5, 0.6) is 0 Å². The van der Waals surface area contributed by atoms with Gasteiger partial charge < -0.3 is 10.6 Å². The number of hydrogen-bond acceptors (Lipinski definition) is 5. The van der Waals surface area contributed by atoms with Gasteiger partial charge in [0, 0.05) is 29.4 Å². The van der Waals surface area contributed by atoms with Gasteiger partial charge in [0.1, 0.15) is 0 Å². The Morgan fingerprint density at radius 2 is 1.70 bits per heavy atom. The number of hydrogen-bond donors (Lipinski definition) is 2. The molecule has 3 aromatic rings. The summed E-state index contributed by atoms with van der Waals surface area (Å²) in [4.78, 5) is 13.8. The molecule has 0 saturated heterocycles. The fourth-order valence-corrected chi connectivity index (χ4v) is 3.78. The summed E-state index contributed by atoms with van der Waals surface area (Å²) in [5.74, 6) is 0.591. The highest BCUT2D eigenvalue weighted by Crippen LogP contribution is 2.22. The molecule has 2 N–H and O–H groups in total. The van der Waals surface area contributed by atoms with Crippen molar-refractivity contribution in [1.82, 2.24) is 20.2 Å². The fourth-order valence-electron chi connectivity index (χ4n) is 3.78. The monoisotopic (exact) mass is 404 g/mol. The second-order valence-electron chi connectivity index (χ2n) is 7.78. The van der Waals surface area contributed by atoms with E-state index >= 15 is 0 Å². The average molecular weight is 405 g/mol. The normalized spacial score (nSPS) is 14.4. The summed E-state index contributed by atoms with van der Waals surface area (Å²) in [6.45, 7) is 0.553. The van der Waals surface area contributed by atoms with Gasteiger partial charge in [0.05, 0.1) is 6.54 Å². The van der Waals surface area contributed by atoms with Crippen LogP contribution in [0.15, 0.2) is 54.6 Å². The van der Waals surface area contributed by atoms with E-state index in [1.165, 1.54) is 32.1 Å². The first-order chi connectivity index (χ1) is 14.8. The van der Waals surface area contributed by atoms with Gasteiger partial charge in [0.2, 0.25) is 11.7 Å². The molecule has 1 saturated carbocycles. The Hall–Kier alpha value is -3.22. The molecule has 0 atom stereocenters. The zero-order chi connectivity index (χ0) is 20.6. The van der Waals surface area contributed by atoms with Crippen molar-refractivity contribution in [1.29, 1.82) is 0 Å². The van der Waals surface area contributed by atoms with E-state index in [2.05, 4.69) is 26.0 Å². The van der Waals surface area contributed by atoms with Crippen molar-refractivity contribution in [3.63, 3.8) is 0 Å². The molecular weight excluding hydrogens is 376 g/mol. The van der Waals surface area contributed by atoms with Crippen LogP contribution in [0.2, 0.25) is 0 Å². The number of benzene rings is 2. The topological polar surface area (TPSA) is 84.7 Å². The van der Waals surface area contributed by atoms with Gasteiger partial charge in [-0.1, -0.05) is 49.6 Å². The van der Waals surface area contributed by atoms with E-state index in [-0.39, 0.29) is 5.91 Å². The van der Waals surface area contributed by atoms with Gasteiger partial charge in [-0.15, -0.1) is 10.2 Å². The lowest BCUT2D eigenvalue weighted by molar-refractivity contribution is -0.116. The summed E-state index contributed by atoms with van der Waals surface area (Å²) in [6.07, 6.45) is 7.51. The van der Waals surface area contributed by atoms with Gasteiger partial charge >= 0.3 is 0 Å². The van der Waals surface area contributed by atoms with Gasteiger partial charge in [-0.25, -0.2) is 0 Å². The summed E-state index contributed by atoms with van der Waals surface area (Å²) in [6, 6.07) is 18.3. The molecule has 0 radical (unpaired) electrons. The molecule has 1 fully saturated rings. The van der Waals surface area contributed by atoms with Crippen molar-refractivity contribution >= 4 is 17.3 Å². The molecule has 1 heterocycles. The van der Waals surface area contributed by atoms with Crippen LogP contribution in [0.3, 0.4) is 0 Å². The molecule has 0 bridgehead atoms. The number of carbonyl (C=O) groups excluding carboxylic acids is 1. The van der Waals surface area contributed by atoms with Crippen LogP contribution in [0.1, 0.15) is 44.9 Å². The number of rotatable bonds is 8. The Bertz CT molecular complexity index is 932. The molecule has 1 aliphatic carbocycles. The summed E-state index contributed by atoms with van der Waals surface area (Å²) >= 11 is 0. The molecule has 156 valence electrons. The van der Waals surface area contributed by atoms with E-state index in [0.29, 0.717) is 31.3 Å². The lowest BCUT2D eigenvalue weighted by Gasteiger charge is -2.23. The van der Waals surface area contributed by atoms with Crippen LogP contribution in [0.4, 0.5) is 11.4 Å². The molecule has 7 heteroatoms. The Kier molecular flexibility index (Phi) is 6.69.